The van der Waals surface area contributed by atoms with E-state index in [0.29, 0.717) is 24.5 Å². The number of carbonyl (C=O) groups excluding carboxylic acids is 2. The SMILES string of the molecule is CCCC(=O)N1CCC(C(=O)Nc2ccc(Cl)cc2)CC1. The van der Waals surface area contributed by atoms with E-state index in [1.807, 2.05) is 11.8 Å². The predicted molar refractivity (Wildman–Crippen MR) is 84.3 cm³/mol. The fourth-order valence-electron chi connectivity index (χ4n) is 2.54. The lowest BCUT2D eigenvalue weighted by Gasteiger charge is -2.31. The van der Waals surface area contributed by atoms with E-state index < -0.39 is 0 Å². The van der Waals surface area contributed by atoms with Gasteiger partial charge in [-0.3, -0.25) is 9.59 Å². The lowest BCUT2D eigenvalue weighted by molar-refractivity contribution is -0.134. The van der Waals surface area contributed by atoms with E-state index in [0.717, 1.165) is 24.9 Å². The van der Waals surface area contributed by atoms with E-state index >= 15 is 0 Å². The summed E-state index contributed by atoms with van der Waals surface area (Å²) in [5, 5.41) is 3.56. The summed E-state index contributed by atoms with van der Waals surface area (Å²) in [5.74, 6) is 0.209. The highest BCUT2D eigenvalue weighted by Gasteiger charge is 2.26. The van der Waals surface area contributed by atoms with Crippen molar-refractivity contribution >= 4 is 29.1 Å². The van der Waals surface area contributed by atoms with Crippen LogP contribution in [0.5, 0.6) is 0 Å². The average molecular weight is 309 g/mol. The van der Waals surface area contributed by atoms with Crippen LogP contribution in [0.3, 0.4) is 0 Å². The van der Waals surface area contributed by atoms with E-state index in [1.54, 1.807) is 24.3 Å². The van der Waals surface area contributed by atoms with Crippen LogP contribution in [0, 0.1) is 5.92 Å². The monoisotopic (exact) mass is 308 g/mol. The van der Waals surface area contributed by atoms with Crippen molar-refractivity contribution in [3.8, 4) is 0 Å². The molecule has 2 amide bonds. The van der Waals surface area contributed by atoms with E-state index in [2.05, 4.69) is 5.32 Å². The number of amides is 2. The molecule has 0 saturated carbocycles. The molecule has 0 bridgehead atoms. The van der Waals surface area contributed by atoms with Crippen LogP contribution in [-0.2, 0) is 9.59 Å². The molecule has 0 unspecified atom stereocenters. The zero-order valence-electron chi connectivity index (χ0n) is 12.3. The van der Waals surface area contributed by atoms with Crippen molar-refractivity contribution in [1.82, 2.24) is 4.90 Å². The maximum atomic E-state index is 12.2. The molecule has 1 heterocycles. The summed E-state index contributed by atoms with van der Waals surface area (Å²) in [6, 6.07) is 7.09. The first-order valence-corrected chi connectivity index (χ1v) is 7.82. The van der Waals surface area contributed by atoms with Gasteiger partial charge in [0.05, 0.1) is 0 Å². The quantitative estimate of drug-likeness (QED) is 0.927. The molecule has 1 aliphatic heterocycles. The second-order valence-corrected chi connectivity index (χ2v) is 5.84. The Morgan fingerprint density at radius 2 is 1.86 bits per heavy atom. The number of halogens is 1. The van der Waals surface area contributed by atoms with Crippen LogP contribution in [0.1, 0.15) is 32.6 Å². The van der Waals surface area contributed by atoms with E-state index in [1.165, 1.54) is 0 Å². The molecule has 1 aromatic rings. The number of hydrogen-bond donors (Lipinski definition) is 1. The van der Waals surface area contributed by atoms with Gasteiger partial charge in [-0.05, 0) is 43.5 Å². The molecule has 0 aromatic heterocycles. The van der Waals surface area contributed by atoms with Crippen molar-refractivity contribution in [1.29, 1.82) is 0 Å². The molecule has 5 heteroatoms. The number of piperidine rings is 1. The number of hydrogen-bond acceptors (Lipinski definition) is 2. The molecule has 1 N–H and O–H groups in total. The van der Waals surface area contributed by atoms with Crippen LogP contribution in [0.4, 0.5) is 5.69 Å². The maximum Gasteiger partial charge on any atom is 0.227 e. The van der Waals surface area contributed by atoms with Gasteiger partial charge in [0, 0.05) is 36.1 Å². The Bertz CT molecular complexity index is 494. The van der Waals surface area contributed by atoms with Crippen LogP contribution in [-0.4, -0.2) is 29.8 Å². The van der Waals surface area contributed by atoms with Gasteiger partial charge in [0.25, 0.3) is 0 Å². The third-order valence-corrected chi connectivity index (χ3v) is 4.05. The molecule has 0 radical (unpaired) electrons. The number of nitrogens with zero attached hydrogens (tertiary/aromatic N) is 1. The van der Waals surface area contributed by atoms with Crippen molar-refractivity contribution in [2.24, 2.45) is 5.92 Å². The number of benzene rings is 1. The minimum Gasteiger partial charge on any atom is -0.343 e. The smallest absolute Gasteiger partial charge is 0.227 e. The molecule has 2 rings (SSSR count). The highest BCUT2D eigenvalue weighted by Crippen LogP contribution is 2.21. The Balaban J connectivity index is 1.83. The van der Waals surface area contributed by atoms with Crippen LogP contribution in [0.2, 0.25) is 5.02 Å². The van der Waals surface area contributed by atoms with Crippen LogP contribution < -0.4 is 5.32 Å². The van der Waals surface area contributed by atoms with Gasteiger partial charge >= 0.3 is 0 Å². The number of likely N-dealkylation sites (tertiary alicyclic amines) is 1. The number of carbonyl (C=O) groups is 2. The molecule has 4 nitrogen and oxygen atoms in total. The van der Waals surface area contributed by atoms with Crippen molar-refractivity contribution in [3.63, 3.8) is 0 Å². The van der Waals surface area contributed by atoms with Gasteiger partial charge in [0.1, 0.15) is 0 Å². The third kappa shape index (κ3) is 4.46. The minimum atomic E-state index is -0.0219. The summed E-state index contributed by atoms with van der Waals surface area (Å²) in [4.78, 5) is 25.9. The molecular weight excluding hydrogens is 288 g/mol. The zero-order valence-corrected chi connectivity index (χ0v) is 13.0. The first-order chi connectivity index (χ1) is 10.1. The summed E-state index contributed by atoms with van der Waals surface area (Å²) < 4.78 is 0. The van der Waals surface area contributed by atoms with Crippen LogP contribution >= 0.6 is 11.6 Å². The maximum absolute atomic E-state index is 12.2. The standard InChI is InChI=1S/C16H21ClN2O2/c1-2-3-15(20)19-10-8-12(9-11-19)16(21)18-14-6-4-13(17)5-7-14/h4-7,12H,2-3,8-11H2,1H3,(H,18,21). The molecular formula is C16H21ClN2O2. The molecule has 1 aliphatic rings. The summed E-state index contributed by atoms with van der Waals surface area (Å²) in [6.07, 6.45) is 2.93. The molecule has 114 valence electrons. The van der Waals surface area contributed by atoms with Crippen molar-refractivity contribution in [3.05, 3.63) is 29.3 Å². The summed E-state index contributed by atoms with van der Waals surface area (Å²) >= 11 is 5.82. The zero-order chi connectivity index (χ0) is 15.2. The van der Waals surface area contributed by atoms with Crippen LogP contribution in [0.25, 0.3) is 0 Å². The van der Waals surface area contributed by atoms with Crippen molar-refractivity contribution in [2.45, 2.75) is 32.6 Å². The fraction of sp³-hybridized carbons (Fsp3) is 0.500. The Labute approximate surface area is 130 Å². The summed E-state index contributed by atoms with van der Waals surface area (Å²) in [6.45, 7) is 3.36. The van der Waals surface area contributed by atoms with Gasteiger partial charge in [0.2, 0.25) is 11.8 Å². The van der Waals surface area contributed by atoms with Gasteiger partial charge in [-0.15, -0.1) is 0 Å². The van der Waals surface area contributed by atoms with Gasteiger partial charge in [-0.2, -0.15) is 0 Å². The molecule has 0 spiro atoms. The first kappa shape index (κ1) is 15.8. The van der Waals surface area contributed by atoms with Gasteiger partial charge in [0.15, 0.2) is 0 Å². The highest BCUT2D eigenvalue weighted by molar-refractivity contribution is 6.30. The second kappa shape index (κ2) is 7.46. The number of rotatable bonds is 4. The van der Waals surface area contributed by atoms with Crippen LogP contribution in [0.15, 0.2) is 24.3 Å². The largest absolute Gasteiger partial charge is 0.343 e. The number of anilines is 1. The summed E-state index contributed by atoms with van der Waals surface area (Å²) in [7, 11) is 0. The lowest BCUT2D eigenvalue weighted by atomic mass is 9.95. The number of nitrogens with one attached hydrogen (secondary N) is 1. The Kier molecular flexibility index (Phi) is 5.62. The molecule has 21 heavy (non-hydrogen) atoms. The van der Waals surface area contributed by atoms with Gasteiger partial charge in [-0.25, -0.2) is 0 Å². The normalized spacial score (nSPS) is 15.8. The van der Waals surface area contributed by atoms with E-state index in [4.69, 9.17) is 11.6 Å². The third-order valence-electron chi connectivity index (χ3n) is 3.79. The Morgan fingerprint density at radius 1 is 1.24 bits per heavy atom. The van der Waals surface area contributed by atoms with Gasteiger partial charge < -0.3 is 10.2 Å². The molecule has 1 fully saturated rings. The lowest BCUT2D eigenvalue weighted by Crippen LogP contribution is -2.41. The predicted octanol–water partition coefficient (Wildman–Crippen LogP) is 3.32. The Hall–Kier alpha value is -1.55. The Morgan fingerprint density at radius 3 is 2.43 bits per heavy atom. The molecule has 1 saturated heterocycles. The minimum absolute atomic E-state index is 0.0219. The molecule has 1 aromatic carbocycles. The molecule has 0 aliphatic carbocycles. The van der Waals surface area contributed by atoms with Crippen molar-refractivity contribution in [2.75, 3.05) is 18.4 Å². The van der Waals surface area contributed by atoms with Gasteiger partial charge in [-0.1, -0.05) is 18.5 Å². The molecule has 0 atom stereocenters. The van der Waals surface area contributed by atoms with Crippen molar-refractivity contribution < 1.29 is 9.59 Å². The first-order valence-electron chi connectivity index (χ1n) is 7.44. The summed E-state index contributed by atoms with van der Waals surface area (Å²) in [5.41, 5.74) is 0.758. The fourth-order valence-corrected chi connectivity index (χ4v) is 2.67. The van der Waals surface area contributed by atoms with E-state index in [-0.39, 0.29) is 17.7 Å². The average Bonchev–Trinajstić information content (AvgIpc) is 2.50. The second-order valence-electron chi connectivity index (χ2n) is 5.40. The topological polar surface area (TPSA) is 49.4 Å². The van der Waals surface area contributed by atoms with E-state index in [9.17, 15) is 9.59 Å². The highest BCUT2D eigenvalue weighted by atomic mass is 35.5.